The third-order valence-corrected chi connectivity index (χ3v) is 2.33. The van der Waals surface area contributed by atoms with Gasteiger partial charge in [0.1, 0.15) is 0 Å². The molecule has 1 saturated carbocycles. The number of hydrogen-bond donors (Lipinski definition) is 1. The lowest BCUT2D eigenvalue weighted by molar-refractivity contribution is 0.544. The zero-order valence-electron chi connectivity index (χ0n) is 5.47. The zero-order valence-corrected chi connectivity index (χ0v) is 6.28. The summed E-state index contributed by atoms with van der Waals surface area (Å²) >= 11 is 5.02. The molecule has 0 atom stereocenters. The minimum Gasteiger partial charge on any atom is -0.454 e. The molecular formula is C6H11BOS. The van der Waals surface area contributed by atoms with Gasteiger partial charge in [-0.15, -0.1) is 0 Å². The molecule has 50 valence electrons. The maximum atomic E-state index is 8.73. The Morgan fingerprint density at radius 2 is 2.00 bits per heavy atom. The Hall–Kier alpha value is 0.115. The van der Waals surface area contributed by atoms with Gasteiger partial charge in [-0.1, -0.05) is 25.1 Å². The summed E-state index contributed by atoms with van der Waals surface area (Å²) in [6.07, 6.45) is 4.33. The fourth-order valence-corrected chi connectivity index (χ4v) is 1.42. The van der Waals surface area contributed by atoms with Gasteiger partial charge in [-0.2, -0.15) is 0 Å². The Balaban J connectivity index is 2.26. The van der Waals surface area contributed by atoms with Gasteiger partial charge in [-0.05, 0) is 23.5 Å². The molecule has 0 aromatic carbocycles. The first-order chi connectivity index (χ1) is 4.33. The third-order valence-electron chi connectivity index (χ3n) is 1.92. The highest BCUT2D eigenvalue weighted by molar-refractivity contribution is 7.80. The molecular weight excluding hydrogens is 131 g/mol. The molecule has 0 radical (unpaired) electrons. The van der Waals surface area contributed by atoms with Crippen molar-refractivity contribution in [2.75, 3.05) is 0 Å². The molecule has 0 bridgehead atoms. The van der Waals surface area contributed by atoms with Gasteiger partial charge in [0, 0.05) is 0 Å². The highest BCUT2D eigenvalue weighted by Gasteiger charge is 2.15. The minimum atomic E-state index is 0.350. The van der Waals surface area contributed by atoms with Gasteiger partial charge < -0.3 is 5.02 Å². The van der Waals surface area contributed by atoms with Gasteiger partial charge in [-0.3, -0.25) is 0 Å². The van der Waals surface area contributed by atoms with Crippen LogP contribution in [0.25, 0.3) is 0 Å². The molecule has 9 heavy (non-hydrogen) atoms. The second kappa shape index (κ2) is 3.33. The van der Waals surface area contributed by atoms with Gasteiger partial charge in [0.15, 0.2) is 0 Å². The molecule has 3 heteroatoms. The molecule has 1 fully saturated rings. The van der Waals surface area contributed by atoms with Crippen molar-refractivity contribution >= 4 is 24.6 Å². The second-order valence-electron chi connectivity index (χ2n) is 2.66. The van der Waals surface area contributed by atoms with E-state index in [1.165, 1.54) is 4.86 Å². The summed E-state index contributed by atoms with van der Waals surface area (Å²) in [5.41, 5.74) is 0. The molecule has 1 N–H and O–H groups in total. The molecule has 0 amide bonds. The first kappa shape index (κ1) is 7.22. The topological polar surface area (TPSA) is 20.2 Å². The average molecular weight is 142 g/mol. The first-order valence-corrected chi connectivity index (χ1v) is 3.86. The van der Waals surface area contributed by atoms with Crippen LogP contribution in [0.5, 0.6) is 0 Å². The van der Waals surface area contributed by atoms with E-state index >= 15 is 0 Å². The van der Waals surface area contributed by atoms with Crippen LogP contribution in [0.2, 0.25) is 5.82 Å². The molecule has 0 aliphatic heterocycles. The SMILES string of the molecule is OBC1CCC(=S)CC1. The lowest BCUT2D eigenvalue weighted by Gasteiger charge is -2.18. The smallest absolute Gasteiger partial charge is 0.273 e. The van der Waals surface area contributed by atoms with E-state index in [9.17, 15) is 0 Å². The van der Waals surface area contributed by atoms with Crippen molar-refractivity contribution in [3.8, 4) is 0 Å². The Bertz CT molecular complexity index is 106. The lowest BCUT2D eigenvalue weighted by atomic mass is 9.71. The Morgan fingerprint density at radius 3 is 2.44 bits per heavy atom. The highest BCUT2D eigenvalue weighted by atomic mass is 32.1. The molecule has 0 saturated heterocycles. The van der Waals surface area contributed by atoms with Crippen molar-refractivity contribution in [3.05, 3.63) is 0 Å². The second-order valence-corrected chi connectivity index (χ2v) is 3.24. The Kier molecular flexibility index (Phi) is 2.67. The predicted molar refractivity (Wildman–Crippen MR) is 44.2 cm³/mol. The molecule has 0 aromatic rings. The van der Waals surface area contributed by atoms with Crippen LogP contribution in [0.4, 0.5) is 0 Å². The number of hydrogen-bond acceptors (Lipinski definition) is 2. The minimum absolute atomic E-state index is 0.350. The predicted octanol–water partition coefficient (Wildman–Crippen LogP) is 1.06. The lowest BCUT2D eigenvalue weighted by Crippen LogP contribution is -2.12. The quantitative estimate of drug-likeness (QED) is 0.436. The van der Waals surface area contributed by atoms with Crippen molar-refractivity contribution in [3.63, 3.8) is 0 Å². The maximum absolute atomic E-state index is 8.73. The van der Waals surface area contributed by atoms with Crippen LogP contribution < -0.4 is 0 Å². The van der Waals surface area contributed by atoms with Crippen LogP contribution >= 0.6 is 12.2 Å². The third kappa shape index (κ3) is 2.07. The molecule has 1 aliphatic rings. The van der Waals surface area contributed by atoms with Crippen LogP contribution in [0, 0.1) is 0 Å². The van der Waals surface area contributed by atoms with Gasteiger partial charge in [0.2, 0.25) is 0 Å². The van der Waals surface area contributed by atoms with Crippen LogP contribution in [0.15, 0.2) is 0 Å². The summed E-state index contributed by atoms with van der Waals surface area (Å²) in [5, 5.41) is 8.73. The highest BCUT2D eigenvalue weighted by Crippen LogP contribution is 2.25. The summed E-state index contributed by atoms with van der Waals surface area (Å²) in [6, 6.07) is 0. The summed E-state index contributed by atoms with van der Waals surface area (Å²) in [5.74, 6) is 0.539. The first-order valence-electron chi connectivity index (χ1n) is 3.45. The van der Waals surface area contributed by atoms with Crippen LogP contribution in [-0.2, 0) is 0 Å². The molecule has 1 aliphatic carbocycles. The van der Waals surface area contributed by atoms with E-state index in [1.54, 1.807) is 0 Å². The van der Waals surface area contributed by atoms with Gasteiger partial charge >= 0.3 is 0 Å². The maximum Gasteiger partial charge on any atom is 0.273 e. The molecule has 0 heterocycles. The largest absolute Gasteiger partial charge is 0.454 e. The summed E-state index contributed by atoms with van der Waals surface area (Å²) in [4.78, 5) is 1.19. The van der Waals surface area contributed by atoms with Gasteiger partial charge in [0.05, 0.1) is 0 Å². The monoisotopic (exact) mass is 142 g/mol. The molecule has 1 nitrogen and oxygen atoms in total. The van der Waals surface area contributed by atoms with Crippen LogP contribution in [0.3, 0.4) is 0 Å². The van der Waals surface area contributed by atoms with E-state index in [-0.39, 0.29) is 0 Å². The van der Waals surface area contributed by atoms with Crippen molar-refractivity contribution in [2.45, 2.75) is 31.5 Å². The molecule has 0 spiro atoms. The van der Waals surface area contributed by atoms with Crippen molar-refractivity contribution in [2.24, 2.45) is 0 Å². The fraction of sp³-hybridized carbons (Fsp3) is 0.833. The van der Waals surface area contributed by atoms with E-state index in [4.69, 9.17) is 17.2 Å². The van der Waals surface area contributed by atoms with Gasteiger partial charge in [-0.25, -0.2) is 0 Å². The van der Waals surface area contributed by atoms with E-state index in [1.807, 2.05) is 0 Å². The molecule has 1 rings (SSSR count). The van der Waals surface area contributed by atoms with Gasteiger partial charge in [0.25, 0.3) is 7.48 Å². The number of thiocarbonyl (C=S) groups is 1. The molecule has 0 unspecified atom stereocenters. The van der Waals surface area contributed by atoms with E-state index in [2.05, 4.69) is 0 Å². The fourth-order valence-electron chi connectivity index (χ4n) is 1.18. The van der Waals surface area contributed by atoms with E-state index < -0.39 is 0 Å². The van der Waals surface area contributed by atoms with Crippen LogP contribution in [0.1, 0.15) is 25.7 Å². The zero-order chi connectivity index (χ0) is 6.69. The Labute approximate surface area is 61.7 Å². The Morgan fingerprint density at radius 1 is 1.44 bits per heavy atom. The summed E-state index contributed by atoms with van der Waals surface area (Å²) in [6.45, 7) is 0. The van der Waals surface area contributed by atoms with Crippen molar-refractivity contribution in [1.82, 2.24) is 0 Å². The summed E-state index contributed by atoms with van der Waals surface area (Å²) < 4.78 is 0. The standard InChI is InChI=1S/C6H11BOS/c8-7-5-1-3-6(9)4-2-5/h5,7-8H,1-4H2. The van der Waals surface area contributed by atoms with Crippen molar-refractivity contribution in [1.29, 1.82) is 0 Å². The normalized spacial score (nSPS) is 22.1. The van der Waals surface area contributed by atoms with E-state index in [0.717, 1.165) is 25.7 Å². The van der Waals surface area contributed by atoms with Crippen LogP contribution in [-0.4, -0.2) is 17.4 Å². The summed E-state index contributed by atoms with van der Waals surface area (Å²) in [7, 11) is 0.350. The molecule has 0 aromatic heterocycles. The van der Waals surface area contributed by atoms with E-state index in [0.29, 0.717) is 13.3 Å². The number of rotatable bonds is 1. The average Bonchev–Trinajstić information content (AvgIpc) is 1.90. The van der Waals surface area contributed by atoms with Crippen molar-refractivity contribution < 1.29 is 5.02 Å².